The second-order valence-corrected chi connectivity index (χ2v) is 9.25. The summed E-state index contributed by atoms with van der Waals surface area (Å²) in [6.07, 6.45) is 9.86. The van der Waals surface area contributed by atoms with Crippen molar-refractivity contribution in [3.05, 3.63) is 0 Å². The number of unbranched alkanes of at least 4 members (excludes halogenated alkanes) is 6. The Kier molecular flexibility index (Phi) is 38.2. The quantitative estimate of drug-likeness (QED) is 0.0987. The van der Waals surface area contributed by atoms with Crippen LogP contribution in [-0.4, -0.2) is 132 Å². The van der Waals surface area contributed by atoms with Gasteiger partial charge >= 0.3 is 0 Å². The molecule has 0 bridgehead atoms. The number of rotatable bonds is 37. The van der Waals surface area contributed by atoms with Crippen molar-refractivity contribution in [3.63, 3.8) is 0 Å². The Morgan fingerprint density at radius 3 is 0.625 bits per heavy atom. The molecule has 0 spiro atoms. The molecule has 0 aromatic carbocycles. The van der Waals surface area contributed by atoms with Crippen molar-refractivity contribution in [1.82, 2.24) is 0 Å². The minimum Gasteiger partial charge on any atom is -0.379 e. The molecule has 0 aromatic heterocycles. The van der Waals surface area contributed by atoms with Crippen molar-refractivity contribution in [2.75, 3.05) is 132 Å². The number of hydrogen-bond donors (Lipinski definition) is 0. The predicted molar refractivity (Wildman–Crippen MR) is 156 cm³/mol. The zero-order valence-electron chi connectivity index (χ0n) is 25.9. The highest BCUT2D eigenvalue weighted by molar-refractivity contribution is 4.42. The van der Waals surface area contributed by atoms with E-state index in [9.17, 15) is 0 Å². The van der Waals surface area contributed by atoms with Crippen LogP contribution in [0.25, 0.3) is 0 Å². The number of ether oxygens (including phenoxy) is 10. The van der Waals surface area contributed by atoms with Crippen LogP contribution in [0.5, 0.6) is 0 Å². The molecule has 0 fully saturated rings. The van der Waals surface area contributed by atoms with Crippen molar-refractivity contribution in [3.8, 4) is 0 Å². The molecule has 0 atom stereocenters. The maximum absolute atomic E-state index is 5.56. The Morgan fingerprint density at radius 1 is 0.200 bits per heavy atom. The van der Waals surface area contributed by atoms with E-state index in [1.165, 1.54) is 38.5 Å². The van der Waals surface area contributed by atoms with Gasteiger partial charge in [-0.15, -0.1) is 0 Å². The van der Waals surface area contributed by atoms with Crippen LogP contribution in [0.4, 0.5) is 0 Å². The smallest absolute Gasteiger partial charge is 0.0701 e. The molecule has 0 aliphatic carbocycles. The summed E-state index contributed by atoms with van der Waals surface area (Å²) in [6, 6.07) is 0. The monoisotopic (exact) mass is 582 g/mol. The zero-order chi connectivity index (χ0) is 28.9. The van der Waals surface area contributed by atoms with Gasteiger partial charge in [0.25, 0.3) is 0 Å². The van der Waals surface area contributed by atoms with Crippen LogP contribution in [0.15, 0.2) is 0 Å². The van der Waals surface area contributed by atoms with E-state index in [1.807, 2.05) is 0 Å². The lowest BCUT2D eigenvalue weighted by molar-refractivity contribution is -0.0264. The highest BCUT2D eigenvalue weighted by Crippen LogP contribution is 2.02. The van der Waals surface area contributed by atoms with Crippen LogP contribution >= 0.6 is 0 Å². The minimum atomic E-state index is 0.534. The van der Waals surface area contributed by atoms with Gasteiger partial charge in [-0.25, -0.2) is 0 Å². The molecule has 0 heterocycles. The molecule has 0 amide bonds. The van der Waals surface area contributed by atoms with Crippen LogP contribution < -0.4 is 0 Å². The average Bonchev–Trinajstić information content (AvgIpc) is 2.97. The van der Waals surface area contributed by atoms with Gasteiger partial charge in [0.2, 0.25) is 0 Å². The standard InChI is InChI=1S/C30H62O10/c1-3-5-7-8-10-12-32-14-16-34-18-20-36-22-24-38-26-28-40-30-29-39-27-25-37-23-21-35-19-17-33-15-13-31-11-9-6-4-2/h3-30H2,1-2H3. The highest BCUT2D eigenvalue weighted by atomic mass is 16.6. The molecule has 0 unspecified atom stereocenters. The zero-order valence-corrected chi connectivity index (χ0v) is 25.9. The summed E-state index contributed by atoms with van der Waals surface area (Å²) in [5, 5.41) is 0. The van der Waals surface area contributed by atoms with Crippen molar-refractivity contribution >= 4 is 0 Å². The molecule has 10 heteroatoms. The third-order valence-corrected chi connectivity index (χ3v) is 5.63. The van der Waals surface area contributed by atoms with E-state index in [-0.39, 0.29) is 0 Å². The lowest BCUT2D eigenvalue weighted by Gasteiger charge is -2.09. The van der Waals surface area contributed by atoms with Crippen molar-refractivity contribution in [2.45, 2.75) is 65.2 Å². The summed E-state index contributed by atoms with van der Waals surface area (Å²) in [5.74, 6) is 0. The van der Waals surface area contributed by atoms with Gasteiger partial charge in [0.1, 0.15) is 0 Å². The SMILES string of the molecule is CCCCCCCOCCOCCOCCOCCOCCOCCOCCOCCOCCOCCCCC. The first-order valence-electron chi connectivity index (χ1n) is 15.7. The predicted octanol–water partition coefficient (Wildman–Crippen LogP) is 4.31. The Balaban J connectivity index is 3.01. The fraction of sp³-hybridized carbons (Fsp3) is 1.00. The van der Waals surface area contributed by atoms with Gasteiger partial charge < -0.3 is 47.4 Å². The Labute approximate surface area is 244 Å². The third-order valence-electron chi connectivity index (χ3n) is 5.63. The van der Waals surface area contributed by atoms with E-state index in [4.69, 9.17) is 47.4 Å². The first-order chi connectivity index (χ1) is 19.9. The molecular weight excluding hydrogens is 520 g/mol. The summed E-state index contributed by atoms with van der Waals surface area (Å²) >= 11 is 0. The first-order valence-corrected chi connectivity index (χ1v) is 15.7. The third kappa shape index (κ3) is 37.6. The Bertz CT molecular complexity index is 393. The van der Waals surface area contributed by atoms with Gasteiger partial charge in [-0.05, 0) is 12.8 Å². The van der Waals surface area contributed by atoms with E-state index in [2.05, 4.69) is 13.8 Å². The molecule has 0 aliphatic heterocycles. The van der Waals surface area contributed by atoms with Crippen LogP contribution in [0.1, 0.15) is 65.2 Å². The normalized spacial score (nSPS) is 11.6. The molecule has 0 saturated heterocycles. The van der Waals surface area contributed by atoms with Crippen LogP contribution in [-0.2, 0) is 47.4 Å². The second kappa shape index (κ2) is 38.6. The van der Waals surface area contributed by atoms with E-state index >= 15 is 0 Å². The highest BCUT2D eigenvalue weighted by Gasteiger charge is 1.96. The van der Waals surface area contributed by atoms with Gasteiger partial charge in [0.05, 0.1) is 119 Å². The topological polar surface area (TPSA) is 92.3 Å². The molecular formula is C30H62O10. The van der Waals surface area contributed by atoms with Gasteiger partial charge in [-0.3, -0.25) is 0 Å². The van der Waals surface area contributed by atoms with Crippen molar-refractivity contribution in [2.24, 2.45) is 0 Å². The summed E-state index contributed by atoms with van der Waals surface area (Å²) in [6.45, 7) is 16.3. The molecule has 10 nitrogen and oxygen atoms in total. The molecule has 0 N–H and O–H groups in total. The Morgan fingerprint density at radius 2 is 0.375 bits per heavy atom. The summed E-state index contributed by atoms with van der Waals surface area (Å²) in [7, 11) is 0. The van der Waals surface area contributed by atoms with E-state index in [1.54, 1.807) is 0 Å². The summed E-state index contributed by atoms with van der Waals surface area (Å²) in [4.78, 5) is 0. The minimum absolute atomic E-state index is 0.534. The molecule has 0 saturated carbocycles. The van der Waals surface area contributed by atoms with Gasteiger partial charge in [-0.1, -0.05) is 52.4 Å². The van der Waals surface area contributed by atoms with Crippen LogP contribution in [0, 0.1) is 0 Å². The first kappa shape index (κ1) is 39.6. The van der Waals surface area contributed by atoms with Crippen LogP contribution in [0.3, 0.4) is 0 Å². The summed E-state index contributed by atoms with van der Waals surface area (Å²) < 4.78 is 54.9. The van der Waals surface area contributed by atoms with E-state index in [0.29, 0.717) is 119 Å². The molecule has 0 rings (SSSR count). The molecule has 0 radical (unpaired) electrons. The van der Waals surface area contributed by atoms with E-state index in [0.717, 1.165) is 26.1 Å². The average molecular weight is 583 g/mol. The largest absolute Gasteiger partial charge is 0.379 e. The fourth-order valence-corrected chi connectivity index (χ4v) is 3.34. The van der Waals surface area contributed by atoms with Crippen molar-refractivity contribution < 1.29 is 47.4 Å². The molecule has 0 aliphatic rings. The lowest BCUT2D eigenvalue weighted by Crippen LogP contribution is -2.15. The maximum Gasteiger partial charge on any atom is 0.0701 e. The Hall–Kier alpha value is -0.400. The maximum atomic E-state index is 5.56. The number of hydrogen-bond acceptors (Lipinski definition) is 10. The van der Waals surface area contributed by atoms with Gasteiger partial charge in [-0.2, -0.15) is 0 Å². The van der Waals surface area contributed by atoms with Gasteiger partial charge in [0, 0.05) is 13.2 Å². The lowest BCUT2D eigenvalue weighted by atomic mass is 10.2. The summed E-state index contributed by atoms with van der Waals surface area (Å²) in [5.41, 5.74) is 0. The molecule has 242 valence electrons. The molecule has 40 heavy (non-hydrogen) atoms. The fourth-order valence-electron chi connectivity index (χ4n) is 3.34. The van der Waals surface area contributed by atoms with Gasteiger partial charge in [0.15, 0.2) is 0 Å². The van der Waals surface area contributed by atoms with Crippen LogP contribution in [0.2, 0.25) is 0 Å². The van der Waals surface area contributed by atoms with E-state index < -0.39 is 0 Å². The second-order valence-electron chi connectivity index (χ2n) is 9.25. The van der Waals surface area contributed by atoms with Crippen molar-refractivity contribution in [1.29, 1.82) is 0 Å². The molecule has 0 aromatic rings.